The Kier molecular flexibility index (Phi) is 5.19. The van der Waals surface area contributed by atoms with Gasteiger partial charge in [0.15, 0.2) is 0 Å². The summed E-state index contributed by atoms with van der Waals surface area (Å²) in [6.07, 6.45) is 2.78. The molecule has 1 aliphatic rings. The average Bonchev–Trinajstić information content (AvgIpc) is 2.86. The van der Waals surface area contributed by atoms with Crippen molar-refractivity contribution in [2.75, 3.05) is 31.6 Å². The zero-order chi connectivity index (χ0) is 8.81. The molecular formula is C9H18BrNO. The molecule has 0 aromatic rings. The predicted molar refractivity (Wildman–Crippen MR) is 54.9 cm³/mol. The molecule has 0 bridgehead atoms. The molecule has 0 unspecified atom stereocenters. The monoisotopic (exact) mass is 235 g/mol. The van der Waals surface area contributed by atoms with Gasteiger partial charge in [-0.2, -0.15) is 0 Å². The van der Waals surface area contributed by atoms with Gasteiger partial charge < -0.3 is 4.74 Å². The topological polar surface area (TPSA) is 12.5 Å². The Morgan fingerprint density at radius 2 is 2.17 bits per heavy atom. The summed E-state index contributed by atoms with van der Waals surface area (Å²) in [7, 11) is 0. The fourth-order valence-electron chi connectivity index (χ4n) is 1.35. The lowest BCUT2D eigenvalue weighted by atomic mass is 10.4. The van der Waals surface area contributed by atoms with Crippen molar-refractivity contribution in [3.63, 3.8) is 0 Å². The van der Waals surface area contributed by atoms with Crippen LogP contribution in [-0.2, 0) is 4.74 Å². The Bertz CT molecular complexity index is 117. The van der Waals surface area contributed by atoms with Gasteiger partial charge in [-0.25, -0.2) is 0 Å². The van der Waals surface area contributed by atoms with Gasteiger partial charge in [-0.1, -0.05) is 15.9 Å². The number of rotatable bonds is 7. The van der Waals surface area contributed by atoms with Crippen molar-refractivity contribution in [1.29, 1.82) is 0 Å². The normalized spacial score (nSPS) is 17.2. The van der Waals surface area contributed by atoms with Gasteiger partial charge >= 0.3 is 0 Å². The second kappa shape index (κ2) is 5.95. The maximum absolute atomic E-state index is 5.33. The quantitative estimate of drug-likeness (QED) is 0.494. The fraction of sp³-hybridized carbons (Fsp3) is 1.00. The van der Waals surface area contributed by atoms with Crippen molar-refractivity contribution in [2.45, 2.75) is 25.8 Å². The van der Waals surface area contributed by atoms with Crippen LogP contribution < -0.4 is 0 Å². The van der Waals surface area contributed by atoms with E-state index in [9.17, 15) is 0 Å². The van der Waals surface area contributed by atoms with E-state index < -0.39 is 0 Å². The summed E-state index contributed by atoms with van der Waals surface area (Å²) in [5.41, 5.74) is 0. The van der Waals surface area contributed by atoms with Crippen LogP contribution in [0.5, 0.6) is 0 Å². The van der Waals surface area contributed by atoms with E-state index in [1.54, 1.807) is 0 Å². The number of hydrogen-bond donors (Lipinski definition) is 0. The van der Waals surface area contributed by atoms with Crippen molar-refractivity contribution < 1.29 is 4.74 Å². The predicted octanol–water partition coefficient (Wildman–Crippen LogP) is 1.88. The van der Waals surface area contributed by atoms with E-state index in [1.165, 1.54) is 12.8 Å². The summed E-state index contributed by atoms with van der Waals surface area (Å²) in [5, 5.41) is 1.08. The van der Waals surface area contributed by atoms with Crippen molar-refractivity contribution in [1.82, 2.24) is 4.90 Å². The first-order valence-electron chi connectivity index (χ1n) is 4.76. The molecule has 2 nitrogen and oxygen atoms in total. The SMILES string of the molecule is CCOCCN(CCBr)C1CC1. The van der Waals surface area contributed by atoms with Gasteiger partial charge in [-0.05, 0) is 19.8 Å². The number of halogens is 1. The molecule has 0 aliphatic heterocycles. The molecule has 1 saturated carbocycles. The first-order chi connectivity index (χ1) is 5.88. The first-order valence-corrected chi connectivity index (χ1v) is 5.88. The third-order valence-corrected chi connectivity index (χ3v) is 2.52. The standard InChI is InChI=1S/C9H18BrNO/c1-2-12-8-7-11(6-5-10)9-3-4-9/h9H,2-8H2,1H3. The Morgan fingerprint density at radius 1 is 1.42 bits per heavy atom. The Hall–Kier alpha value is 0.400. The van der Waals surface area contributed by atoms with Gasteiger partial charge in [-0.15, -0.1) is 0 Å². The van der Waals surface area contributed by atoms with Crippen molar-refractivity contribution in [3.8, 4) is 0 Å². The summed E-state index contributed by atoms with van der Waals surface area (Å²) in [6, 6.07) is 0.864. The molecule has 0 atom stereocenters. The van der Waals surface area contributed by atoms with E-state index in [0.29, 0.717) is 0 Å². The van der Waals surface area contributed by atoms with Crippen molar-refractivity contribution in [2.24, 2.45) is 0 Å². The molecule has 1 rings (SSSR count). The van der Waals surface area contributed by atoms with Crippen LogP contribution in [0.1, 0.15) is 19.8 Å². The van der Waals surface area contributed by atoms with Crippen LogP contribution >= 0.6 is 15.9 Å². The van der Waals surface area contributed by atoms with Crippen LogP contribution in [0.4, 0.5) is 0 Å². The highest BCUT2D eigenvalue weighted by Crippen LogP contribution is 2.26. The minimum Gasteiger partial charge on any atom is -0.380 e. The van der Waals surface area contributed by atoms with Gasteiger partial charge in [-0.3, -0.25) is 4.90 Å². The highest BCUT2D eigenvalue weighted by atomic mass is 79.9. The maximum atomic E-state index is 5.33. The van der Waals surface area contributed by atoms with Gasteiger partial charge in [0.05, 0.1) is 6.61 Å². The van der Waals surface area contributed by atoms with Gasteiger partial charge in [0.25, 0.3) is 0 Å². The van der Waals surface area contributed by atoms with Crippen molar-refractivity contribution in [3.05, 3.63) is 0 Å². The van der Waals surface area contributed by atoms with E-state index in [2.05, 4.69) is 20.8 Å². The van der Waals surface area contributed by atoms with Crippen LogP contribution in [-0.4, -0.2) is 42.6 Å². The molecule has 0 spiro atoms. The molecular weight excluding hydrogens is 218 g/mol. The summed E-state index contributed by atoms with van der Waals surface area (Å²) < 4.78 is 5.33. The Labute approximate surface area is 83.4 Å². The molecule has 1 aliphatic carbocycles. The molecule has 0 N–H and O–H groups in total. The van der Waals surface area contributed by atoms with E-state index >= 15 is 0 Å². The summed E-state index contributed by atoms with van der Waals surface area (Å²) >= 11 is 3.47. The molecule has 12 heavy (non-hydrogen) atoms. The van der Waals surface area contributed by atoms with Crippen LogP contribution in [0.3, 0.4) is 0 Å². The maximum Gasteiger partial charge on any atom is 0.0593 e. The molecule has 0 radical (unpaired) electrons. The molecule has 0 saturated heterocycles. The Balaban J connectivity index is 2.05. The molecule has 0 heterocycles. The fourth-order valence-corrected chi connectivity index (χ4v) is 1.81. The lowest BCUT2D eigenvalue weighted by Crippen LogP contribution is -2.31. The third-order valence-electron chi connectivity index (χ3n) is 2.16. The minimum atomic E-state index is 0.840. The van der Waals surface area contributed by atoms with Gasteiger partial charge in [0.2, 0.25) is 0 Å². The van der Waals surface area contributed by atoms with Crippen LogP contribution in [0.25, 0.3) is 0 Å². The van der Waals surface area contributed by atoms with Crippen molar-refractivity contribution >= 4 is 15.9 Å². The first kappa shape index (κ1) is 10.5. The molecule has 0 amide bonds. The van der Waals surface area contributed by atoms with Crippen LogP contribution in [0, 0.1) is 0 Å². The van der Waals surface area contributed by atoms with Crippen LogP contribution in [0.2, 0.25) is 0 Å². The molecule has 1 fully saturated rings. The highest BCUT2D eigenvalue weighted by Gasteiger charge is 2.27. The third kappa shape index (κ3) is 3.87. The molecule has 72 valence electrons. The van der Waals surface area contributed by atoms with Crippen LogP contribution in [0.15, 0.2) is 0 Å². The largest absolute Gasteiger partial charge is 0.380 e. The minimum absolute atomic E-state index is 0.840. The van der Waals surface area contributed by atoms with Gasteiger partial charge in [0, 0.05) is 31.1 Å². The van der Waals surface area contributed by atoms with E-state index in [1.807, 2.05) is 6.92 Å². The van der Waals surface area contributed by atoms with E-state index in [4.69, 9.17) is 4.74 Å². The Morgan fingerprint density at radius 3 is 2.67 bits per heavy atom. The number of hydrogen-bond acceptors (Lipinski definition) is 2. The zero-order valence-electron chi connectivity index (χ0n) is 7.76. The molecule has 0 aromatic heterocycles. The lowest BCUT2D eigenvalue weighted by molar-refractivity contribution is 0.113. The van der Waals surface area contributed by atoms with Gasteiger partial charge in [0.1, 0.15) is 0 Å². The molecule has 3 heteroatoms. The summed E-state index contributed by atoms with van der Waals surface area (Å²) in [5.74, 6) is 0. The second-order valence-corrected chi connectivity index (χ2v) is 3.95. The number of alkyl halides is 1. The van der Waals surface area contributed by atoms with E-state index in [-0.39, 0.29) is 0 Å². The summed E-state index contributed by atoms with van der Waals surface area (Å²) in [6.45, 7) is 6.04. The highest BCUT2D eigenvalue weighted by molar-refractivity contribution is 9.09. The average molecular weight is 236 g/mol. The smallest absolute Gasteiger partial charge is 0.0593 e. The number of ether oxygens (including phenoxy) is 1. The summed E-state index contributed by atoms with van der Waals surface area (Å²) in [4.78, 5) is 2.52. The van der Waals surface area contributed by atoms with E-state index in [0.717, 1.165) is 37.7 Å². The zero-order valence-corrected chi connectivity index (χ0v) is 9.35. The lowest BCUT2D eigenvalue weighted by Gasteiger charge is -2.20. The second-order valence-electron chi connectivity index (χ2n) is 3.15. The molecule has 0 aromatic carbocycles. The number of nitrogens with zero attached hydrogens (tertiary/aromatic N) is 1.